The monoisotopic (exact) mass is 442 g/mol. The fourth-order valence-corrected chi connectivity index (χ4v) is 4.83. The van der Waals surface area contributed by atoms with Gasteiger partial charge in [0.2, 0.25) is 0 Å². The number of halogens is 1. The number of fused-ring (bicyclic) bond motifs is 1. The van der Waals surface area contributed by atoms with Crippen molar-refractivity contribution in [2.45, 2.75) is 44.5 Å². The Kier molecular flexibility index (Phi) is 6.27. The van der Waals surface area contributed by atoms with E-state index in [0.29, 0.717) is 39.8 Å². The molecule has 2 aromatic carbocycles. The smallest absolute Gasteiger partial charge is 0.262 e. The molecule has 1 aliphatic rings. The Balaban J connectivity index is 1.67. The summed E-state index contributed by atoms with van der Waals surface area (Å²) in [5.74, 6) is 0.218. The first kappa shape index (κ1) is 21.1. The number of rotatable bonds is 6. The van der Waals surface area contributed by atoms with Crippen LogP contribution in [-0.4, -0.2) is 33.8 Å². The minimum Gasteiger partial charge on any atom is -0.376 e. The molecule has 2 heterocycles. The number of ether oxygens (including phenoxy) is 1. The lowest BCUT2D eigenvalue weighted by atomic mass is 10.0. The van der Waals surface area contributed by atoms with Crippen LogP contribution in [0.25, 0.3) is 10.9 Å². The van der Waals surface area contributed by atoms with E-state index >= 15 is 0 Å². The Hall–Kier alpha value is -2.15. The third-order valence-electron chi connectivity index (χ3n) is 5.31. The molecule has 0 unspecified atom stereocenters. The van der Waals surface area contributed by atoms with Crippen LogP contribution in [0.1, 0.15) is 34.3 Å². The van der Waals surface area contributed by atoms with Gasteiger partial charge in [-0.1, -0.05) is 47.1 Å². The molecule has 3 aromatic rings. The molecule has 7 heteroatoms. The van der Waals surface area contributed by atoms with Crippen LogP contribution in [0, 0.1) is 13.8 Å². The maximum atomic E-state index is 13.2. The molecule has 0 bridgehead atoms. The molecule has 0 aliphatic carbocycles. The fraction of sp³-hybridized carbons (Fsp3) is 0.348. The lowest BCUT2D eigenvalue weighted by molar-refractivity contribution is 0.0937. The largest absolute Gasteiger partial charge is 0.376 e. The van der Waals surface area contributed by atoms with Crippen LogP contribution in [0.15, 0.2) is 46.3 Å². The van der Waals surface area contributed by atoms with Gasteiger partial charge in [-0.15, -0.1) is 0 Å². The van der Waals surface area contributed by atoms with E-state index in [-0.39, 0.29) is 23.2 Å². The van der Waals surface area contributed by atoms with Crippen LogP contribution < -0.4 is 5.56 Å². The SMILES string of the molecule is Cc1ccc(C(=O)CSc2nc3cc(Cl)ccc3c(=O)n2C[C@@H]2CCCO2)c(C)c1. The van der Waals surface area contributed by atoms with Gasteiger partial charge in [0, 0.05) is 17.2 Å². The van der Waals surface area contributed by atoms with Crippen molar-refractivity contribution in [3.8, 4) is 0 Å². The summed E-state index contributed by atoms with van der Waals surface area (Å²) in [4.78, 5) is 30.7. The number of hydrogen-bond donors (Lipinski definition) is 0. The number of ketones is 1. The zero-order chi connectivity index (χ0) is 21.3. The third kappa shape index (κ3) is 4.46. The summed E-state index contributed by atoms with van der Waals surface area (Å²) >= 11 is 7.39. The van der Waals surface area contributed by atoms with Crippen molar-refractivity contribution in [1.82, 2.24) is 9.55 Å². The second-order valence-corrected chi connectivity index (χ2v) is 9.02. The minimum atomic E-state index is -0.131. The summed E-state index contributed by atoms with van der Waals surface area (Å²) < 4.78 is 7.38. The van der Waals surface area contributed by atoms with Crippen molar-refractivity contribution in [2.75, 3.05) is 12.4 Å². The molecule has 5 nitrogen and oxygen atoms in total. The molecule has 4 rings (SSSR count). The molecular weight excluding hydrogens is 420 g/mol. The molecule has 0 N–H and O–H groups in total. The van der Waals surface area contributed by atoms with Crippen LogP contribution in [0.5, 0.6) is 0 Å². The van der Waals surface area contributed by atoms with Gasteiger partial charge in [-0.05, 0) is 50.5 Å². The number of aryl methyl sites for hydroxylation is 2. The first-order valence-corrected chi connectivity index (χ1v) is 11.3. The second kappa shape index (κ2) is 8.92. The highest BCUT2D eigenvalue weighted by Crippen LogP contribution is 2.24. The summed E-state index contributed by atoms with van der Waals surface area (Å²) in [5, 5.41) is 1.56. The number of carbonyl (C=O) groups is 1. The Morgan fingerprint density at radius 3 is 2.83 bits per heavy atom. The zero-order valence-electron chi connectivity index (χ0n) is 17.0. The van der Waals surface area contributed by atoms with Gasteiger partial charge in [-0.25, -0.2) is 4.98 Å². The Bertz CT molecular complexity index is 1170. The molecule has 0 saturated carbocycles. The summed E-state index contributed by atoms with van der Waals surface area (Å²) in [6.07, 6.45) is 1.89. The summed E-state index contributed by atoms with van der Waals surface area (Å²) in [6.45, 7) is 5.09. The van der Waals surface area contributed by atoms with Gasteiger partial charge in [0.1, 0.15) is 0 Å². The number of thioether (sulfide) groups is 1. The molecule has 1 fully saturated rings. The highest BCUT2D eigenvalue weighted by Gasteiger charge is 2.21. The maximum Gasteiger partial charge on any atom is 0.262 e. The number of carbonyl (C=O) groups excluding carboxylic acids is 1. The van der Waals surface area contributed by atoms with Crippen LogP contribution in [0.4, 0.5) is 0 Å². The topological polar surface area (TPSA) is 61.2 Å². The molecule has 1 aliphatic heterocycles. The molecule has 1 saturated heterocycles. The van der Waals surface area contributed by atoms with Crippen molar-refractivity contribution in [3.63, 3.8) is 0 Å². The van der Waals surface area contributed by atoms with Crippen molar-refractivity contribution in [1.29, 1.82) is 0 Å². The van der Waals surface area contributed by atoms with E-state index in [1.54, 1.807) is 22.8 Å². The maximum absolute atomic E-state index is 13.2. The van der Waals surface area contributed by atoms with Gasteiger partial charge in [-0.2, -0.15) is 0 Å². The number of nitrogens with zero attached hydrogens (tertiary/aromatic N) is 2. The van der Waals surface area contributed by atoms with Crippen molar-refractivity contribution in [2.24, 2.45) is 0 Å². The van der Waals surface area contributed by atoms with E-state index in [2.05, 4.69) is 4.98 Å². The van der Waals surface area contributed by atoms with E-state index in [1.165, 1.54) is 11.8 Å². The van der Waals surface area contributed by atoms with E-state index in [0.717, 1.165) is 24.0 Å². The van der Waals surface area contributed by atoms with Crippen LogP contribution in [0.3, 0.4) is 0 Å². The van der Waals surface area contributed by atoms with Crippen molar-refractivity contribution in [3.05, 3.63) is 68.5 Å². The van der Waals surface area contributed by atoms with Crippen LogP contribution in [-0.2, 0) is 11.3 Å². The molecule has 0 spiro atoms. The van der Waals surface area contributed by atoms with Gasteiger partial charge in [0.15, 0.2) is 10.9 Å². The lowest BCUT2D eigenvalue weighted by Crippen LogP contribution is -2.29. The quantitative estimate of drug-likeness (QED) is 0.311. The van der Waals surface area contributed by atoms with Gasteiger partial charge in [0.05, 0.1) is 29.3 Å². The average Bonchev–Trinajstić information content (AvgIpc) is 3.21. The lowest BCUT2D eigenvalue weighted by Gasteiger charge is -2.16. The predicted molar refractivity (Wildman–Crippen MR) is 121 cm³/mol. The normalized spacial score (nSPS) is 16.3. The highest BCUT2D eigenvalue weighted by molar-refractivity contribution is 7.99. The molecule has 1 atom stereocenters. The summed E-state index contributed by atoms with van der Waals surface area (Å²) in [5.41, 5.74) is 3.18. The molecule has 0 radical (unpaired) electrons. The van der Waals surface area contributed by atoms with Crippen LogP contribution >= 0.6 is 23.4 Å². The van der Waals surface area contributed by atoms with Gasteiger partial charge in [0.25, 0.3) is 5.56 Å². The van der Waals surface area contributed by atoms with Crippen molar-refractivity contribution >= 4 is 40.0 Å². The first-order chi connectivity index (χ1) is 14.4. The number of Topliss-reactive ketones (excluding diaryl/α,β-unsaturated/α-hetero) is 1. The molecule has 30 heavy (non-hydrogen) atoms. The molecule has 156 valence electrons. The first-order valence-electron chi connectivity index (χ1n) is 9.97. The van der Waals surface area contributed by atoms with E-state index in [9.17, 15) is 9.59 Å². The number of hydrogen-bond acceptors (Lipinski definition) is 5. The highest BCUT2D eigenvalue weighted by atomic mass is 35.5. The van der Waals surface area contributed by atoms with Gasteiger partial charge < -0.3 is 4.74 Å². The van der Waals surface area contributed by atoms with E-state index < -0.39 is 0 Å². The Morgan fingerprint density at radius 2 is 2.10 bits per heavy atom. The Morgan fingerprint density at radius 1 is 1.27 bits per heavy atom. The standard InChI is InChI=1S/C23H23ClN2O3S/c1-14-5-7-18(15(2)10-14)21(27)13-30-23-25-20-11-16(24)6-8-19(20)22(28)26(23)12-17-4-3-9-29-17/h5-8,10-11,17H,3-4,9,12-13H2,1-2H3/t17-/m0/s1. The van der Waals surface area contributed by atoms with E-state index in [1.807, 2.05) is 32.0 Å². The second-order valence-electron chi connectivity index (χ2n) is 7.64. The number of benzene rings is 2. The van der Waals surface area contributed by atoms with E-state index in [4.69, 9.17) is 16.3 Å². The van der Waals surface area contributed by atoms with Crippen LogP contribution in [0.2, 0.25) is 5.02 Å². The third-order valence-corrected chi connectivity index (χ3v) is 6.52. The average molecular weight is 443 g/mol. The van der Waals surface area contributed by atoms with Crippen molar-refractivity contribution < 1.29 is 9.53 Å². The summed E-state index contributed by atoms with van der Waals surface area (Å²) in [7, 11) is 0. The molecular formula is C23H23ClN2O3S. The summed E-state index contributed by atoms with van der Waals surface area (Å²) in [6, 6.07) is 10.9. The predicted octanol–water partition coefficient (Wildman–Crippen LogP) is 4.82. The Labute approximate surface area is 184 Å². The molecule has 1 aromatic heterocycles. The number of aromatic nitrogens is 2. The van der Waals surface area contributed by atoms with Gasteiger partial charge in [-0.3, -0.25) is 14.2 Å². The zero-order valence-corrected chi connectivity index (χ0v) is 18.6. The molecule has 0 amide bonds. The minimum absolute atomic E-state index is 0.0105. The fourth-order valence-electron chi connectivity index (χ4n) is 3.77. The van der Waals surface area contributed by atoms with Gasteiger partial charge >= 0.3 is 0 Å².